The predicted molar refractivity (Wildman–Crippen MR) is 122 cm³/mol. The molecule has 3 aromatic rings. The van der Waals surface area contributed by atoms with Crippen LogP contribution in [0, 0.1) is 20.8 Å². The lowest BCUT2D eigenvalue weighted by Gasteiger charge is -2.11. The monoisotopic (exact) mass is 418 g/mol. The molecule has 3 rings (SSSR count). The van der Waals surface area contributed by atoms with E-state index >= 15 is 0 Å². The van der Waals surface area contributed by atoms with Crippen molar-refractivity contribution in [3.8, 4) is 5.69 Å². The number of benzene rings is 2. The molecule has 1 aromatic heterocycles. The van der Waals surface area contributed by atoms with Crippen molar-refractivity contribution >= 4 is 23.9 Å². The Balaban J connectivity index is 1.74. The van der Waals surface area contributed by atoms with Gasteiger partial charge in [-0.05, 0) is 63.6 Å². The number of aryl methyl sites for hydroxylation is 2. The fraction of sp³-hybridized carbons (Fsp3) is 0.208. The van der Waals surface area contributed by atoms with Gasteiger partial charge in [0.05, 0.1) is 18.4 Å². The summed E-state index contributed by atoms with van der Waals surface area (Å²) in [4.78, 5) is 24.2. The molecule has 160 valence electrons. The number of ether oxygens (including phenoxy) is 1. The van der Waals surface area contributed by atoms with E-state index in [0.717, 1.165) is 33.9 Å². The number of urea groups is 1. The molecule has 0 spiro atoms. The van der Waals surface area contributed by atoms with E-state index in [9.17, 15) is 9.59 Å². The maximum absolute atomic E-state index is 12.1. The number of amides is 2. The van der Waals surface area contributed by atoms with Gasteiger partial charge in [-0.25, -0.2) is 15.0 Å². The van der Waals surface area contributed by atoms with Gasteiger partial charge in [-0.1, -0.05) is 24.3 Å². The molecule has 0 radical (unpaired) electrons. The number of hydrogen-bond acceptors (Lipinski definition) is 4. The van der Waals surface area contributed by atoms with Crippen LogP contribution in [0.2, 0.25) is 0 Å². The molecule has 2 amide bonds. The Morgan fingerprint density at radius 1 is 1.06 bits per heavy atom. The molecule has 0 bridgehead atoms. The number of carbonyl (C=O) groups is 2. The number of anilines is 1. The van der Waals surface area contributed by atoms with Crippen LogP contribution in [-0.2, 0) is 4.74 Å². The third-order valence-electron chi connectivity index (χ3n) is 4.85. The van der Waals surface area contributed by atoms with Crippen LogP contribution in [0.15, 0.2) is 59.7 Å². The van der Waals surface area contributed by atoms with Gasteiger partial charge in [0.15, 0.2) is 0 Å². The SMILES string of the molecule is CCOC(=O)c1cccc(-n2c(C)cc(C=NNC(=O)Nc3ccccc3C)c2C)c1. The molecule has 0 unspecified atom stereocenters. The highest BCUT2D eigenvalue weighted by Crippen LogP contribution is 2.21. The number of carbonyl (C=O) groups excluding carboxylic acids is 2. The fourth-order valence-electron chi connectivity index (χ4n) is 3.33. The van der Waals surface area contributed by atoms with Crippen molar-refractivity contribution in [1.82, 2.24) is 9.99 Å². The zero-order chi connectivity index (χ0) is 22.4. The van der Waals surface area contributed by atoms with E-state index < -0.39 is 6.03 Å². The van der Waals surface area contributed by atoms with E-state index in [4.69, 9.17) is 4.74 Å². The fourth-order valence-corrected chi connectivity index (χ4v) is 3.33. The number of nitrogens with one attached hydrogen (secondary N) is 2. The van der Waals surface area contributed by atoms with Crippen molar-refractivity contribution in [2.45, 2.75) is 27.7 Å². The molecule has 7 heteroatoms. The van der Waals surface area contributed by atoms with Crippen LogP contribution >= 0.6 is 0 Å². The number of para-hydroxylation sites is 1. The van der Waals surface area contributed by atoms with Crippen LogP contribution in [0.1, 0.15) is 39.8 Å². The lowest BCUT2D eigenvalue weighted by molar-refractivity contribution is 0.0526. The van der Waals surface area contributed by atoms with Gasteiger partial charge in [0.2, 0.25) is 0 Å². The Kier molecular flexibility index (Phi) is 6.87. The molecule has 1 heterocycles. The molecule has 0 aliphatic carbocycles. The zero-order valence-electron chi connectivity index (χ0n) is 18.1. The average Bonchev–Trinajstić information content (AvgIpc) is 3.03. The summed E-state index contributed by atoms with van der Waals surface area (Å²) in [7, 11) is 0. The summed E-state index contributed by atoms with van der Waals surface area (Å²) in [6.07, 6.45) is 1.60. The Bertz CT molecular complexity index is 1130. The van der Waals surface area contributed by atoms with E-state index in [2.05, 4.69) is 15.8 Å². The first-order valence-corrected chi connectivity index (χ1v) is 10.0. The van der Waals surface area contributed by atoms with Crippen molar-refractivity contribution < 1.29 is 14.3 Å². The minimum absolute atomic E-state index is 0.329. The Morgan fingerprint density at radius 2 is 1.84 bits per heavy atom. The van der Waals surface area contributed by atoms with Gasteiger partial charge in [0.1, 0.15) is 0 Å². The zero-order valence-corrected chi connectivity index (χ0v) is 18.1. The Hall–Kier alpha value is -3.87. The van der Waals surface area contributed by atoms with Gasteiger partial charge >= 0.3 is 12.0 Å². The Labute approximate surface area is 181 Å². The molecule has 0 aliphatic rings. The van der Waals surface area contributed by atoms with Gasteiger partial charge in [0, 0.05) is 28.3 Å². The summed E-state index contributed by atoms with van der Waals surface area (Å²) in [6.45, 7) is 7.96. The second-order valence-corrected chi connectivity index (χ2v) is 7.07. The van der Waals surface area contributed by atoms with Crippen LogP contribution in [0.4, 0.5) is 10.5 Å². The standard InChI is InChI=1S/C24H26N4O3/c1-5-31-23(29)19-10-8-11-21(14-19)28-17(3)13-20(18(28)4)15-25-27-24(30)26-22-12-7-6-9-16(22)2/h6-15H,5H2,1-4H3,(H2,26,27,30). The molecular weight excluding hydrogens is 392 g/mol. The van der Waals surface area contributed by atoms with E-state index in [0.29, 0.717) is 12.2 Å². The minimum Gasteiger partial charge on any atom is -0.462 e. The summed E-state index contributed by atoms with van der Waals surface area (Å²) >= 11 is 0. The molecule has 2 N–H and O–H groups in total. The van der Waals surface area contributed by atoms with Gasteiger partial charge in [-0.15, -0.1) is 0 Å². The second kappa shape index (κ2) is 9.75. The van der Waals surface area contributed by atoms with Crippen LogP contribution in [0.3, 0.4) is 0 Å². The number of aromatic nitrogens is 1. The highest BCUT2D eigenvalue weighted by Gasteiger charge is 2.12. The normalized spacial score (nSPS) is 10.8. The van der Waals surface area contributed by atoms with Crippen LogP contribution in [0.5, 0.6) is 0 Å². The molecule has 2 aromatic carbocycles. The topological polar surface area (TPSA) is 84.7 Å². The largest absolute Gasteiger partial charge is 0.462 e. The maximum atomic E-state index is 12.1. The number of esters is 1. The average molecular weight is 418 g/mol. The van der Waals surface area contributed by atoms with Crippen LogP contribution in [-0.4, -0.2) is 29.4 Å². The lowest BCUT2D eigenvalue weighted by atomic mass is 10.2. The molecule has 0 saturated heterocycles. The van der Waals surface area contributed by atoms with Crippen molar-refractivity contribution in [2.75, 3.05) is 11.9 Å². The lowest BCUT2D eigenvalue weighted by Crippen LogP contribution is -2.24. The molecule has 0 aliphatic heterocycles. The molecule has 7 nitrogen and oxygen atoms in total. The number of hydrazone groups is 1. The molecule has 0 fully saturated rings. The summed E-state index contributed by atoms with van der Waals surface area (Å²) in [5.41, 5.74) is 8.30. The van der Waals surface area contributed by atoms with Gasteiger partial charge in [0.25, 0.3) is 0 Å². The summed E-state index contributed by atoms with van der Waals surface area (Å²) in [5.74, 6) is -0.350. The van der Waals surface area contributed by atoms with Crippen molar-refractivity contribution in [3.63, 3.8) is 0 Å². The quantitative estimate of drug-likeness (QED) is 0.345. The maximum Gasteiger partial charge on any atom is 0.339 e. The number of nitrogens with zero attached hydrogens (tertiary/aromatic N) is 2. The second-order valence-electron chi connectivity index (χ2n) is 7.07. The number of rotatable bonds is 6. The smallest absolute Gasteiger partial charge is 0.339 e. The van der Waals surface area contributed by atoms with Gasteiger partial charge < -0.3 is 14.6 Å². The third-order valence-corrected chi connectivity index (χ3v) is 4.85. The van der Waals surface area contributed by atoms with E-state index in [1.807, 2.05) is 67.8 Å². The minimum atomic E-state index is -0.415. The van der Waals surface area contributed by atoms with Crippen molar-refractivity contribution in [1.29, 1.82) is 0 Å². The highest BCUT2D eigenvalue weighted by atomic mass is 16.5. The first-order valence-electron chi connectivity index (χ1n) is 10.0. The first-order chi connectivity index (χ1) is 14.9. The van der Waals surface area contributed by atoms with Crippen LogP contribution < -0.4 is 10.7 Å². The molecular formula is C24H26N4O3. The predicted octanol–water partition coefficient (Wildman–Crippen LogP) is 4.73. The van der Waals surface area contributed by atoms with E-state index in [-0.39, 0.29) is 5.97 Å². The first kappa shape index (κ1) is 21.8. The summed E-state index contributed by atoms with van der Waals surface area (Å²) in [6, 6.07) is 16.4. The van der Waals surface area contributed by atoms with Crippen LogP contribution in [0.25, 0.3) is 5.69 Å². The van der Waals surface area contributed by atoms with E-state index in [1.54, 1.807) is 25.3 Å². The molecule has 31 heavy (non-hydrogen) atoms. The molecule has 0 atom stereocenters. The third kappa shape index (κ3) is 5.19. The summed E-state index contributed by atoms with van der Waals surface area (Å²) in [5, 5.41) is 6.84. The van der Waals surface area contributed by atoms with E-state index in [1.165, 1.54) is 0 Å². The number of hydrogen-bond donors (Lipinski definition) is 2. The Morgan fingerprint density at radius 3 is 2.58 bits per heavy atom. The van der Waals surface area contributed by atoms with Crippen molar-refractivity contribution in [3.05, 3.63) is 82.7 Å². The molecule has 0 saturated carbocycles. The summed E-state index contributed by atoms with van der Waals surface area (Å²) < 4.78 is 7.12. The van der Waals surface area contributed by atoms with Gasteiger partial charge in [-0.3, -0.25) is 0 Å². The van der Waals surface area contributed by atoms with Gasteiger partial charge in [-0.2, -0.15) is 5.10 Å². The van der Waals surface area contributed by atoms with Crippen molar-refractivity contribution in [2.24, 2.45) is 5.10 Å². The highest BCUT2D eigenvalue weighted by molar-refractivity contribution is 5.91.